The van der Waals surface area contributed by atoms with Gasteiger partial charge in [-0.15, -0.1) is 0 Å². The average molecular weight is 295 g/mol. The highest BCUT2D eigenvalue weighted by Gasteiger charge is 2.52. The van der Waals surface area contributed by atoms with E-state index in [1.807, 2.05) is 20.8 Å². The number of carbonyl (C=O) groups is 3. The number of barbiturate groups is 1. The topological polar surface area (TPSA) is 69.7 Å². The van der Waals surface area contributed by atoms with Gasteiger partial charge >= 0.3 is 6.03 Å². The third kappa shape index (κ3) is 2.69. The van der Waals surface area contributed by atoms with Crippen molar-refractivity contribution in [1.29, 1.82) is 0 Å². The first-order valence-electron chi connectivity index (χ1n) is 7.87. The second-order valence-electron chi connectivity index (χ2n) is 6.08. The molecule has 2 fully saturated rings. The van der Waals surface area contributed by atoms with Crippen molar-refractivity contribution in [1.82, 2.24) is 15.1 Å². The lowest BCUT2D eigenvalue weighted by Gasteiger charge is -2.41. The molecular formula is C15H25N3O3. The Morgan fingerprint density at radius 3 is 2.24 bits per heavy atom. The van der Waals surface area contributed by atoms with E-state index in [0.717, 1.165) is 13.1 Å². The Morgan fingerprint density at radius 1 is 1.14 bits per heavy atom. The van der Waals surface area contributed by atoms with Crippen LogP contribution in [-0.2, 0) is 9.59 Å². The van der Waals surface area contributed by atoms with Crippen molar-refractivity contribution in [2.24, 2.45) is 5.41 Å². The Balaban J connectivity index is 2.18. The van der Waals surface area contributed by atoms with Gasteiger partial charge in [0, 0.05) is 6.54 Å². The zero-order chi connectivity index (χ0) is 15.6. The number of rotatable bonds is 5. The fraction of sp³-hybridized carbons (Fsp3) is 0.800. The van der Waals surface area contributed by atoms with E-state index < -0.39 is 17.4 Å². The Kier molecular flexibility index (Phi) is 4.66. The molecular weight excluding hydrogens is 270 g/mol. The van der Waals surface area contributed by atoms with E-state index in [2.05, 4.69) is 10.2 Å². The minimum absolute atomic E-state index is 0.221. The van der Waals surface area contributed by atoms with E-state index >= 15 is 0 Å². The summed E-state index contributed by atoms with van der Waals surface area (Å²) < 4.78 is 0. The van der Waals surface area contributed by atoms with Gasteiger partial charge in [0.15, 0.2) is 0 Å². The standard InChI is InChI=1S/C15H25N3O3/c1-4-15(5-2)12(19)16-14(21)18(13(15)20)11(3)10-17-8-6-7-9-17/h11H,4-10H2,1-3H3,(H,16,19,21). The van der Waals surface area contributed by atoms with Gasteiger partial charge in [0.2, 0.25) is 11.8 Å². The van der Waals surface area contributed by atoms with Gasteiger partial charge in [0.05, 0.1) is 6.04 Å². The molecule has 0 saturated carbocycles. The third-order valence-electron chi connectivity index (χ3n) is 4.87. The number of imide groups is 2. The maximum atomic E-state index is 12.8. The molecule has 0 aromatic rings. The van der Waals surface area contributed by atoms with Crippen LogP contribution >= 0.6 is 0 Å². The number of nitrogens with zero attached hydrogens (tertiary/aromatic N) is 2. The molecule has 6 heteroatoms. The summed E-state index contributed by atoms with van der Waals surface area (Å²) in [4.78, 5) is 40.5. The number of hydrogen-bond acceptors (Lipinski definition) is 4. The van der Waals surface area contributed by atoms with Crippen LogP contribution in [0.15, 0.2) is 0 Å². The first kappa shape index (κ1) is 15.9. The molecule has 118 valence electrons. The number of carbonyl (C=O) groups excluding carboxylic acids is 3. The summed E-state index contributed by atoms with van der Waals surface area (Å²) in [5.74, 6) is -0.792. The first-order chi connectivity index (χ1) is 9.96. The van der Waals surface area contributed by atoms with Gasteiger partial charge in [-0.1, -0.05) is 13.8 Å². The fourth-order valence-corrected chi connectivity index (χ4v) is 3.39. The molecule has 0 radical (unpaired) electrons. The van der Waals surface area contributed by atoms with E-state index in [0.29, 0.717) is 19.4 Å². The number of hydrogen-bond donors (Lipinski definition) is 1. The quantitative estimate of drug-likeness (QED) is 0.777. The van der Waals surface area contributed by atoms with E-state index in [4.69, 9.17) is 0 Å². The van der Waals surface area contributed by atoms with Crippen LogP contribution in [-0.4, -0.2) is 53.3 Å². The van der Waals surface area contributed by atoms with Crippen LogP contribution < -0.4 is 5.32 Å². The fourth-order valence-electron chi connectivity index (χ4n) is 3.39. The Morgan fingerprint density at radius 2 is 1.71 bits per heavy atom. The van der Waals surface area contributed by atoms with Crippen molar-refractivity contribution in [2.45, 2.75) is 52.5 Å². The summed E-state index contributed by atoms with van der Waals surface area (Å²) in [6.07, 6.45) is 3.15. The van der Waals surface area contributed by atoms with Crippen molar-refractivity contribution in [3.8, 4) is 0 Å². The van der Waals surface area contributed by atoms with Gasteiger partial charge < -0.3 is 4.90 Å². The van der Waals surface area contributed by atoms with Gasteiger partial charge in [0.25, 0.3) is 0 Å². The summed E-state index contributed by atoms with van der Waals surface area (Å²) in [5.41, 5.74) is -1.09. The monoisotopic (exact) mass is 295 g/mol. The number of amides is 4. The van der Waals surface area contributed by atoms with E-state index in [1.54, 1.807) is 0 Å². The average Bonchev–Trinajstić information content (AvgIpc) is 2.92. The molecule has 0 bridgehead atoms. The molecule has 1 unspecified atom stereocenters. The molecule has 2 heterocycles. The van der Waals surface area contributed by atoms with Crippen molar-refractivity contribution < 1.29 is 14.4 Å². The predicted octanol–water partition coefficient (Wildman–Crippen LogP) is 1.36. The summed E-state index contributed by atoms with van der Waals surface area (Å²) >= 11 is 0. The zero-order valence-corrected chi connectivity index (χ0v) is 13.1. The molecule has 0 aromatic carbocycles. The molecule has 0 spiro atoms. The molecule has 0 aliphatic carbocycles. The maximum Gasteiger partial charge on any atom is 0.331 e. The van der Waals surface area contributed by atoms with E-state index in [9.17, 15) is 14.4 Å². The highest BCUT2D eigenvalue weighted by Crippen LogP contribution is 2.33. The summed E-state index contributed by atoms with van der Waals surface area (Å²) in [5, 5.41) is 2.37. The van der Waals surface area contributed by atoms with Crippen LogP contribution in [0.3, 0.4) is 0 Å². The lowest BCUT2D eigenvalue weighted by molar-refractivity contribution is -0.153. The lowest BCUT2D eigenvalue weighted by Crippen LogP contribution is -2.66. The van der Waals surface area contributed by atoms with Gasteiger partial charge in [-0.3, -0.25) is 19.8 Å². The van der Waals surface area contributed by atoms with Crippen molar-refractivity contribution in [2.75, 3.05) is 19.6 Å². The van der Waals surface area contributed by atoms with Gasteiger partial charge in [0.1, 0.15) is 5.41 Å². The predicted molar refractivity (Wildman–Crippen MR) is 78.5 cm³/mol. The Labute approximate surface area is 125 Å². The minimum Gasteiger partial charge on any atom is -0.301 e. The minimum atomic E-state index is -1.09. The first-order valence-corrected chi connectivity index (χ1v) is 7.87. The SMILES string of the molecule is CCC1(CC)C(=O)NC(=O)N(C(C)CN2CCCC2)C1=O. The van der Waals surface area contributed by atoms with Crippen LogP contribution in [0.4, 0.5) is 4.79 Å². The van der Waals surface area contributed by atoms with Gasteiger partial charge in [-0.25, -0.2) is 4.79 Å². The second kappa shape index (κ2) is 6.13. The van der Waals surface area contributed by atoms with E-state index in [1.165, 1.54) is 17.7 Å². The number of likely N-dealkylation sites (tertiary alicyclic amines) is 1. The number of urea groups is 1. The van der Waals surface area contributed by atoms with Crippen molar-refractivity contribution in [3.05, 3.63) is 0 Å². The summed E-state index contributed by atoms with van der Waals surface area (Å²) in [7, 11) is 0. The van der Waals surface area contributed by atoms with Crippen molar-refractivity contribution in [3.63, 3.8) is 0 Å². The third-order valence-corrected chi connectivity index (χ3v) is 4.87. The molecule has 1 N–H and O–H groups in total. The summed E-state index contributed by atoms with van der Waals surface area (Å²) in [6.45, 7) is 8.22. The highest BCUT2D eigenvalue weighted by atomic mass is 16.2. The zero-order valence-electron chi connectivity index (χ0n) is 13.1. The molecule has 6 nitrogen and oxygen atoms in total. The largest absolute Gasteiger partial charge is 0.331 e. The second-order valence-corrected chi connectivity index (χ2v) is 6.08. The van der Waals surface area contributed by atoms with Crippen molar-refractivity contribution >= 4 is 17.8 Å². The lowest BCUT2D eigenvalue weighted by atomic mass is 9.78. The molecule has 0 aromatic heterocycles. The maximum absolute atomic E-state index is 12.8. The molecule has 21 heavy (non-hydrogen) atoms. The van der Waals surface area contributed by atoms with Crippen LogP contribution in [0.1, 0.15) is 46.5 Å². The molecule has 2 saturated heterocycles. The highest BCUT2D eigenvalue weighted by molar-refractivity contribution is 6.19. The van der Waals surface area contributed by atoms with Crippen LogP contribution in [0.25, 0.3) is 0 Å². The molecule has 2 rings (SSSR count). The molecule has 2 aliphatic heterocycles. The van der Waals surface area contributed by atoms with Crippen LogP contribution in [0.5, 0.6) is 0 Å². The normalized spacial score (nSPS) is 24.3. The van der Waals surface area contributed by atoms with Crippen LogP contribution in [0, 0.1) is 5.41 Å². The Hall–Kier alpha value is -1.43. The number of nitrogens with one attached hydrogen (secondary N) is 1. The van der Waals surface area contributed by atoms with Gasteiger partial charge in [-0.05, 0) is 45.7 Å². The molecule has 1 atom stereocenters. The summed E-state index contributed by atoms with van der Waals surface area (Å²) in [6, 6.07) is -0.796. The molecule has 2 aliphatic rings. The smallest absolute Gasteiger partial charge is 0.301 e. The molecule has 4 amide bonds. The van der Waals surface area contributed by atoms with Gasteiger partial charge in [-0.2, -0.15) is 0 Å². The Bertz CT molecular complexity index is 439. The van der Waals surface area contributed by atoms with Crippen LogP contribution in [0.2, 0.25) is 0 Å². The van der Waals surface area contributed by atoms with E-state index in [-0.39, 0.29) is 11.9 Å².